The van der Waals surface area contributed by atoms with Gasteiger partial charge in [-0.1, -0.05) is 24.3 Å². The zero-order valence-corrected chi connectivity index (χ0v) is 18.8. The Morgan fingerprint density at radius 3 is 1.36 bits per heavy atom. The Kier molecular flexibility index (Phi) is 8.35. The first-order valence-electron chi connectivity index (χ1n) is 7.23. The van der Waals surface area contributed by atoms with Crippen molar-refractivity contribution in [2.75, 3.05) is 14.2 Å². The van der Waals surface area contributed by atoms with E-state index in [0.717, 1.165) is 38.5 Å². The first-order chi connectivity index (χ1) is 12.6. The molecular weight excluding hydrogens is 421 g/mol. The first kappa shape index (κ1) is 24.3. The van der Waals surface area contributed by atoms with E-state index in [9.17, 15) is 26.4 Å². The molecule has 0 aromatic heterocycles. The molecule has 2 rings (SSSR count). The molecule has 9 nitrogen and oxygen atoms in total. The molecule has 12 heteroatoms. The monoisotopic (exact) mass is 435 g/mol. The number of benzene rings is 2. The molecule has 144 valence electrons. The Morgan fingerprint density at radius 2 is 1.04 bits per heavy atom. The van der Waals surface area contributed by atoms with Gasteiger partial charge in [0, 0.05) is 0 Å². The van der Waals surface area contributed by atoms with E-state index in [4.69, 9.17) is 0 Å². The minimum absolute atomic E-state index is 0. The minimum atomic E-state index is -4.82. The van der Waals surface area contributed by atoms with Gasteiger partial charge in [-0.05, 0) is 24.3 Å². The molecule has 0 amide bonds. The third kappa shape index (κ3) is 5.19. The fourth-order valence-electron chi connectivity index (χ4n) is 2.15. The number of carbonyl (C=O) groups is 2. The van der Waals surface area contributed by atoms with E-state index < -0.39 is 41.8 Å². The van der Waals surface area contributed by atoms with Crippen LogP contribution in [0.5, 0.6) is 0 Å². The average Bonchev–Trinajstić information content (AvgIpc) is 2.66. The Hall–Kier alpha value is -1.76. The molecular formula is C16H14NNaO8S2. The maximum atomic E-state index is 12.5. The topological polar surface area (TPSA) is 135 Å². The minimum Gasteiger partial charge on any atom is -0.465 e. The summed E-state index contributed by atoms with van der Waals surface area (Å²) in [5, 5.41) is 0. The summed E-state index contributed by atoms with van der Waals surface area (Å²) in [5.41, 5.74) is -0.750. The van der Waals surface area contributed by atoms with Gasteiger partial charge in [-0.25, -0.2) is 26.4 Å². The molecule has 0 aliphatic carbocycles. The van der Waals surface area contributed by atoms with Crippen LogP contribution in [0.3, 0.4) is 0 Å². The molecule has 2 aromatic rings. The molecule has 0 atom stereocenters. The molecule has 0 spiro atoms. The van der Waals surface area contributed by atoms with Gasteiger partial charge in [0.2, 0.25) is 0 Å². The number of esters is 2. The largest absolute Gasteiger partial charge is 1.00 e. The Morgan fingerprint density at radius 1 is 0.714 bits per heavy atom. The average molecular weight is 435 g/mol. The van der Waals surface area contributed by atoms with Crippen LogP contribution in [-0.4, -0.2) is 43.0 Å². The Balaban J connectivity index is 0.00000392. The van der Waals surface area contributed by atoms with Crippen LogP contribution in [-0.2, 0) is 29.5 Å². The van der Waals surface area contributed by atoms with E-state index in [2.05, 4.69) is 13.6 Å². The zero-order valence-electron chi connectivity index (χ0n) is 15.1. The maximum absolute atomic E-state index is 12.5. The van der Waals surface area contributed by atoms with Gasteiger partial charge in [0.15, 0.2) is 0 Å². The second-order valence-corrected chi connectivity index (χ2v) is 8.38. The summed E-state index contributed by atoms with van der Waals surface area (Å²) >= 11 is 0. The van der Waals surface area contributed by atoms with Crippen molar-refractivity contribution >= 4 is 32.0 Å². The summed E-state index contributed by atoms with van der Waals surface area (Å²) in [4.78, 5) is 22.2. The van der Waals surface area contributed by atoms with E-state index in [1.165, 1.54) is 24.3 Å². The van der Waals surface area contributed by atoms with E-state index in [1.54, 1.807) is 0 Å². The molecule has 0 aliphatic heterocycles. The van der Waals surface area contributed by atoms with Crippen molar-refractivity contribution in [3.05, 3.63) is 63.8 Å². The first-order valence-corrected chi connectivity index (χ1v) is 10.1. The summed E-state index contributed by atoms with van der Waals surface area (Å²) in [6, 6.07) is 9.71. The van der Waals surface area contributed by atoms with E-state index >= 15 is 0 Å². The maximum Gasteiger partial charge on any atom is 1.00 e. The van der Waals surface area contributed by atoms with Crippen molar-refractivity contribution in [1.82, 2.24) is 0 Å². The van der Waals surface area contributed by atoms with Crippen LogP contribution in [0, 0.1) is 0 Å². The van der Waals surface area contributed by atoms with Gasteiger partial charge >= 0.3 is 41.5 Å². The van der Waals surface area contributed by atoms with Crippen LogP contribution in [0.4, 0.5) is 0 Å². The van der Waals surface area contributed by atoms with Crippen molar-refractivity contribution in [1.29, 1.82) is 0 Å². The molecule has 0 fully saturated rings. The number of sulfonamides is 2. The van der Waals surface area contributed by atoms with Gasteiger partial charge in [-0.3, -0.25) is 0 Å². The number of carbonyl (C=O) groups excluding carboxylic acids is 2. The molecule has 0 bridgehead atoms. The summed E-state index contributed by atoms with van der Waals surface area (Å²) in [7, 11) is -7.54. The van der Waals surface area contributed by atoms with Crippen LogP contribution < -0.4 is 29.6 Å². The molecule has 2 aromatic carbocycles. The third-order valence-electron chi connectivity index (χ3n) is 3.34. The van der Waals surface area contributed by atoms with Gasteiger partial charge in [0.05, 0.1) is 35.1 Å². The number of rotatable bonds is 6. The van der Waals surface area contributed by atoms with Crippen LogP contribution in [0.2, 0.25) is 0 Å². The molecule has 28 heavy (non-hydrogen) atoms. The molecule has 0 saturated carbocycles. The standard InChI is InChI=1S/C16H14NO8S2.Na/c1-24-15(18)11-7-3-5-9-13(11)26(20,21)17-27(22,23)14-10-6-4-8-12(14)16(19)25-2;/h3-10H,1-2H3;/q-1;+1. The number of methoxy groups -OCH3 is 2. The van der Waals surface area contributed by atoms with Gasteiger partial charge in [0.1, 0.15) is 20.0 Å². The predicted molar refractivity (Wildman–Crippen MR) is 93.3 cm³/mol. The van der Waals surface area contributed by atoms with Crippen molar-refractivity contribution in [2.45, 2.75) is 9.79 Å². The SMILES string of the molecule is COC(=O)c1ccccc1S(=O)(=O)[N-]S(=O)(=O)c1ccccc1C(=O)OC.[Na+]. The molecule has 0 saturated heterocycles. The second kappa shape index (κ2) is 9.63. The van der Waals surface area contributed by atoms with Gasteiger partial charge in [-0.2, -0.15) is 0 Å². The van der Waals surface area contributed by atoms with Crippen molar-refractivity contribution in [3.63, 3.8) is 0 Å². The molecule has 0 aliphatic rings. The van der Waals surface area contributed by atoms with Crippen molar-refractivity contribution < 1.29 is 65.5 Å². The third-order valence-corrected chi connectivity index (χ3v) is 6.73. The van der Waals surface area contributed by atoms with Crippen LogP contribution in [0.25, 0.3) is 4.13 Å². The van der Waals surface area contributed by atoms with Gasteiger partial charge in [0.25, 0.3) is 0 Å². The Labute approximate surface area is 184 Å². The predicted octanol–water partition coefficient (Wildman–Crippen LogP) is -1.28. The molecule has 0 N–H and O–H groups in total. The molecule has 0 unspecified atom stereocenters. The fourth-order valence-corrected chi connectivity index (χ4v) is 5.19. The summed E-state index contributed by atoms with van der Waals surface area (Å²) in [6.45, 7) is 0. The fraction of sp³-hybridized carbons (Fsp3) is 0.125. The number of nitrogens with zero attached hydrogens (tertiary/aromatic N) is 1. The quantitative estimate of drug-likeness (QED) is 0.404. The van der Waals surface area contributed by atoms with E-state index in [1.807, 2.05) is 0 Å². The van der Waals surface area contributed by atoms with Crippen molar-refractivity contribution in [3.8, 4) is 0 Å². The summed E-state index contributed by atoms with van der Waals surface area (Å²) in [5.74, 6) is -1.95. The summed E-state index contributed by atoms with van der Waals surface area (Å²) in [6.07, 6.45) is 0. The molecule has 0 radical (unpaired) electrons. The Bertz CT molecular complexity index is 1010. The smallest absolute Gasteiger partial charge is 0.465 e. The van der Waals surface area contributed by atoms with Crippen LogP contribution in [0.15, 0.2) is 58.3 Å². The van der Waals surface area contributed by atoms with Crippen LogP contribution >= 0.6 is 0 Å². The van der Waals surface area contributed by atoms with E-state index in [0.29, 0.717) is 0 Å². The van der Waals surface area contributed by atoms with Gasteiger partial charge < -0.3 is 13.6 Å². The van der Waals surface area contributed by atoms with Crippen molar-refractivity contribution in [2.24, 2.45) is 0 Å². The number of ether oxygens (including phenoxy) is 2. The van der Waals surface area contributed by atoms with E-state index in [-0.39, 0.29) is 40.7 Å². The molecule has 0 heterocycles. The zero-order chi connectivity index (χ0) is 20.2. The number of hydrogen-bond donors (Lipinski definition) is 0. The summed E-state index contributed by atoms with van der Waals surface area (Å²) < 4.78 is 62.1. The normalized spacial score (nSPS) is 11.2. The second-order valence-electron chi connectivity index (χ2n) is 5.00. The number of hydrogen-bond acceptors (Lipinski definition) is 8. The van der Waals surface area contributed by atoms with Crippen LogP contribution in [0.1, 0.15) is 20.7 Å². The van der Waals surface area contributed by atoms with Gasteiger partial charge in [-0.15, -0.1) is 0 Å².